The maximum absolute atomic E-state index is 13.2. The van der Waals surface area contributed by atoms with Crippen LogP contribution in [0.2, 0.25) is 0 Å². The number of rotatable bonds is 1. The highest BCUT2D eigenvalue weighted by Crippen LogP contribution is 2.18. The quantitative estimate of drug-likeness (QED) is 0.378. The second-order valence-electron chi connectivity index (χ2n) is 2.68. The third-order valence-corrected chi connectivity index (χ3v) is 1.85. The Balaban J connectivity index is 2.98. The zero-order valence-corrected chi connectivity index (χ0v) is 8.21. The highest BCUT2D eigenvalue weighted by Gasteiger charge is 2.07. The lowest BCUT2D eigenvalue weighted by atomic mass is 10.2. The Kier molecular flexibility index (Phi) is 3.32. The first-order valence-electron chi connectivity index (χ1n) is 3.78. The van der Waals surface area contributed by atoms with E-state index in [2.05, 4.69) is 23.0 Å². The van der Waals surface area contributed by atoms with Crippen molar-refractivity contribution in [2.24, 2.45) is 5.84 Å². The van der Waals surface area contributed by atoms with Gasteiger partial charge in [0.2, 0.25) is 0 Å². The highest BCUT2D eigenvalue weighted by molar-refractivity contribution is 7.80. The molecular weight excluding hydrogens is 208 g/mol. The maximum Gasteiger partial charge on any atom is 0.185 e. The average Bonchev–Trinajstić information content (AvgIpc) is 2.14. The molecule has 0 amide bonds. The first kappa shape index (κ1) is 10.8. The lowest BCUT2D eigenvalue weighted by Crippen LogP contribution is -2.34. The van der Waals surface area contributed by atoms with Crippen LogP contribution in [0.25, 0.3) is 0 Å². The first-order valence-corrected chi connectivity index (χ1v) is 4.18. The van der Waals surface area contributed by atoms with E-state index in [1.165, 1.54) is 6.92 Å². The summed E-state index contributed by atoms with van der Waals surface area (Å²) in [5, 5.41) is 2.43. The third kappa shape index (κ3) is 2.36. The monoisotopic (exact) mass is 217 g/mol. The van der Waals surface area contributed by atoms with Crippen LogP contribution in [0.4, 0.5) is 14.5 Å². The first-order chi connectivity index (χ1) is 6.54. The molecule has 0 radical (unpaired) electrons. The summed E-state index contributed by atoms with van der Waals surface area (Å²) in [6.45, 7) is 1.47. The molecule has 0 saturated heterocycles. The molecule has 0 aromatic heterocycles. The van der Waals surface area contributed by atoms with Crippen molar-refractivity contribution >= 4 is 23.0 Å². The van der Waals surface area contributed by atoms with Crippen LogP contribution in [0, 0.1) is 18.6 Å². The van der Waals surface area contributed by atoms with Gasteiger partial charge in [-0.1, -0.05) is 0 Å². The van der Waals surface area contributed by atoms with E-state index in [0.717, 1.165) is 12.1 Å². The van der Waals surface area contributed by atoms with Crippen molar-refractivity contribution in [1.29, 1.82) is 0 Å². The van der Waals surface area contributed by atoms with Gasteiger partial charge in [0.25, 0.3) is 0 Å². The van der Waals surface area contributed by atoms with E-state index >= 15 is 0 Å². The van der Waals surface area contributed by atoms with E-state index in [1.54, 1.807) is 0 Å². The summed E-state index contributed by atoms with van der Waals surface area (Å²) in [6.07, 6.45) is 0. The van der Waals surface area contributed by atoms with E-state index in [0.29, 0.717) is 0 Å². The summed E-state index contributed by atoms with van der Waals surface area (Å²) >= 11 is 4.64. The molecular formula is C8H9F2N3S. The van der Waals surface area contributed by atoms with Crippen LogP contribution >= 0.6 is 12.2 Å². The van der Waals surface area contributed by atoms with Crippen molar-refractivity contribution in [3.05, 3.63) is 29.3 Å². The van der Waals surface area contributed by atoms with Crippen molar-refractivity contribution in [2.45, 2.75) is 6.92 Å². The van der Waals surface area contributed by atoms with Crippen LogP contribution in [-0.4, -0.2) is 5.11 Å². The SMILES string of the molecule is Cc1cc(F)c(NC(=S)NN)cc1F. The van der Waals surface area contributed by atoms with Gasteiger partial charge in [0.1, 0.15) is 11.6 Å². The fourth-order valence-electron chi connectivity index (χ4n) is 0.900. The van der Waals surface area contributed by atoms with Crippen LogP contribution in [0.5, 0.6) is 0 Å². The molecule has 0 bridgehead atoms. The van der Waals surface area contributed by atoms with Crippen molar-refractivity contribution in [1.82, 2.24) is 5.43 Å². The van der Waals surface area contributed by atoms with Gasteiger partial charge in [0.05, 0.1) is 5.69 Å². The Morgan fingerprint density at radius 1 is 1.36 bits per heavy atom. The van der Waals surface area contributed by atoms with Crippen LogP contribution in [0.3, 0.4) is 0 Å². The number of thiocarbonyl (C=S) groups is 1. The van der Waals surface area contributed by atoms with E-state index in [4.69, 9.17) is 5.84 Å². The fraction of sp³-hybridized carbons (Fsp3) is 0.125. The number of halogens is 2. The molecule has 0 fully saturated rings. The molecule has 0 saturated carbocycles. The zero-order chi connectivity index (χ0) is 10.7. The van der Waals surface area contributed by atoms with E-state index in [-0.39, 0.29) is 16.4 Å². The van der Waals surface area contributed by atoms with Crippen molar-refractivity contribution in [3.63, 3.8) is 0 Å². The summed E-state index contributed by atoms with van der Waals surface area (Å²) in [5.41, 5.74) is 2.30. The van der Waals surface area contributed by atoms with Gasteiger partial charge in [-0.15, -0.1) is 0 Å². The standard InChI is InChI=1S/C8H9F2N3S/c1-4-2-6(10)7(3-5(4)9)12-8(14)13-11/h2-3H,11H2,1H3,(H2,12,13,14). The molecule has 14 heavy (non-hydrogen) atoms. The van der Waals surface area contributed by atoms with Gasteiger partial charge in [0.15, 0.2) is 5.11 Å². The van der Waals surface area contributed by atoms with Gasteiger partial charge in [-0.3, -0.25) is 0 Å². The molecule has 76 valence electrons. The summed E-state index contributed by atoms with van der Waals surface area (Å²) in [5.74, 6) is 3.88. The van der Waals surface area contributed by atoms with Gasteiger partial charge < -0.3 is 10.7 Å². The summed E-state index contributed by atoms with van der Waals surface area (Å²) in [6, 6.07) is 2.10. The summed E-state index contributed by atoms with van der Waals surface area (Å²) in [4.78, 5) is 0. The van der Waals surface area contributed by atoms with Crippen LogP contribution in [-0.2, 0) is 0 Å². The maximum atomic E-state index is 13.2. The zero-order valence-electron chi connectivity index (χ0n) is 7.40. The van der Waals surface area contributed by atoms with Gasteiger partial charge in [-0.05, 0) is 30.8 Å². The molecule has 0 aliphatic carbocycles. The van der Waals surface area contributed by atoms with E-state index in [9.17, 15) is 8.78 Å². The Labute approximate surface area is 85.3 Å². The minimum atomic E-state index is -0.582. The van der Waals surface area contributed by atoms with E-state index < -0.39 is 11.6 Å². The van der Waals surface area contributed by atoms with Crippen molar-refractivity contribution < 1.29 is 8.78 Å². The number of anilines is 1. The molecule has 0 aliphatic rings. The molecule has 1 aromatic rings. The average molecular weight is 217 g/mol. The van der Waals surface area contributed by atoms with Crippen LogP contribution in [0.1, 0.15) is 5.56 Å². The highest BCUT2D eigenvalue weighted by atomic mass is 32.1. The smallest absolute Gasteiger partial charge is 0.185 e. The Morgan fingerprint density at radius 3 is 2.57 bits per heavy atom. The molecule has 0 heterocycles. The number of nitrogens with two attached hydrogens (primary N) is 1. The van der Waals surface area contributed by atoms with E-state index in [1.807, 2.05) is 0 Å². The van der Waals surface area contributed by atoms with Gasteiger partial charge in [0, 0.05) is 6.07 Å². The number of hydrazine groups is 1. The topological polar surface area (TPSA) is 50.1 Å². The molecule has 6 heteroatoms. The predicted octanol–water partition coefficient (Wildman–Crippen LogP) is 1.43. The number of hydrogen-bond donors (Lipinski definition) is 3. The second-order valence-corrected chi connectivity index (χ2v) is 3.09. The predicted molar refractivity (Wildman–Crippen MR) is 54.6 cm³/mol. The molecule has 1 aromatic carbocycles. The lowest BCUT2D eigenvalue weighted by Gasteiger charge is -2.08. The molecule has 0 atom stereocenters. The summed E-state index contributed by atoms with van der Waals surface area (Å²) in [7, 11) is 0. The minimum absolute atomic E-state index is 0.0205. The van der Waals surface area contributed by atoms with Gasteiger partial charge >= 0.3 is 0 Å². The molecule has 0 aliphatic heterocycles. The Bertz CT molecular complexity index is 368. The molecule has 4 N–H and O–H groups in total. The van der Waals surface area contributed by atoms with Crippen molar-refractivity contribution in [3.8, 4) is 0 Å². The third-order valence-electron chi connectivity index (χ3n) is 1.63. The van der Waals surface area contributed by atoms with Crippen LogP contribution < -0.4 is 16.6 Å². The number of benzene rings is 1. The van der Waals surface area contributed by atoms with Crippen LogP contribution in [0.15, 0.2) is 12.1 Å². The van der Waals surface area contributed by atoms with Gasteiger partial charge in [-0.2, -0.15) is 0 Å². The minimum Gasteiger partial charge on any atom is -0.329 e. The number of nitrogens with one attached hydrogen (secondary N) is 2. The fourth-order valence-corrected chi connectivity index (χ4v) is 1.01. The molecule has 0 spiro atoms. The molecule has 0 unspecified atom stereocenters. The molecule has 1 rings (SSSR count). The normalized spacial score (nSPS) is 9.71. The second kappa shape index (κ2) is 4.30. The number of aryl methyl sites for hydroxylation is 1. The molecule has 3 nitrogen and oxygen atoms in total. The van der Waals surface area contributed by atoms with Crippen molar-refractivity contribution in [2.75, 3.05) is 5.32 Å². The Hall–Kier alpha value is -1.27. The summed E-state index contributed by atoms with van der Waals surface area (Å²) < 4.78 is 26.2. The van der Waals surface area contributed by atoms with Gasteiger partial charge in [-0.25, -0.2) is 14.6 Å². The number of hydrogen-bond acceptors (Lipinski definition) is 2. The largest absolute Gasteiger partial charge is 0.329 e. The Morgan fingerprint density at radius 2 is 2.00 bits per heavy atom. The lowest BCUT2D eigenvalue weighted by molar-refractivity contribution is 0.596.